The van der Waals surface area contributed by atoms with Crippen molar-refractivity contribution in [1.82, 2.24) is 5.32 Å². The van der Waals surface area contributed by atoms with E-state index in [-0.39, 0.29) is 23.1 Å². The Kier molecular flexibility index (Phi) is 6.51. The largest absolute Gasteiger partial charge is 0.381 e. The van der Waals surface area contributed by atoms with E-state index in [9.17, 15) is 9.18 Å². The highest BCUT2D eigenvalue weighted by Crippen LogP contribution is 2.35. The number of hydrogen-bond acceptors (Lipinski definition) is 2. The van der Waals surface area contributed by atoms with Crippen LogP contribution in [-0.2, 0) is 21.4 Å². The van der Waals surface area contributed by atoms with Crippen LogP contribution in [0.25, 0.3) is 0 Å². The summed E-state index contributed by atoms with van der Waals surface area (Å²) in [7, 11) is 0. The molecule has 1 fully saturated rings. The van der Waals surface area contributed by atoms with Crippen LogP contribution in [0.2, 0.25) is 5.02 Å². The van der Waals surface area contributed by atoms with Crippen LogP contribution in [0, 0.1) is 11.7 Å². The molecular formula is C22H25ClFNO2. The third-order valence-electron chi connectivity index (χ3n) is 5.39. The Morgan fingerprint density at radius 3 is 2.59 bits per heavy atom. The molecule has 144 valence electrons. The highest BCUT2D eigenvalue weighted by molar-refractivity contribution is 6.30. The van der Waals surface area contributed by atoms with Crippen LogP contribution in [0.15, 0.2) is 48.5 Å². The second-order valence-corrected chi connectivity index (χ2v) is 7.79. The molecule has 1 aliphatic heterocycles. The third kappa shape index (κ3) is 5.08. The van der Waals surface area contributed by atoms with Crippen LogP contribution >= 0.6 is 11.6 Å². The van der Waals surface area contributed by atoms with E-state index in [0.29, 0.717) is 31.2 Å². The van der Waals surface area contributed by atoms with Crippen molar-refractivity contribution in [3.05, 3.63) is 70.5 Å². The molecule has 1 aliphatic rings. The van der Waals surface area contributed by atoms with Gasteiger partial charge in [0.05, 0.1) is 0 Å². The monoisotopic (exact) mass is 389 g/mol. The number of amides is 1. The fourth-order valence-corrected chi connectivity index (χ4v) is 3.80. The summed E-state index contributed by atoms with van der Waals surface area (Å²) in [6.07, 6.45) is 2.22. The molecule has 1 atom stereocenters. The van der Waals surface area contributed by atoms with E-state index in [1.807, 2.05) is 37.3 Å². The van der Waals surface area contributed by atoms with Crippen molar-refractivity contribution in [2.45, 2.75) is 31.6 Å². The summed E-state index contributed by atoms with van der Waals surface area (Å²) in [5, 5.41) is 3.82. The smallest absolute Gasteiger partial charge is 0.223 e. The van der Waals surface area contributed by atoms with Gasteiger partial charge in [-0.2, -0.15) is 0 Å². The average Bonchev–Trinajstić information content (AvgIpc) is 2.67. The van der Waals surface area contributed by atoms with E-state index in [2.05, 4.69) is 5.32 Å². The second kappa shape index (κ2) is 8.85. The lowest BCUT2D eigenvalue weighted by atomic mass is 9.74. The predicted molar refractivity (Wildman–Crippen MR) is 105 cm³/mol. The minimum atomic E-state index is -0.274. The molecule has 1 heterocycles. The van der Waals surface area contributed by atoms with E-state index in [1.165, 1.54) is 17.7 Å². The van der Waals surface area contributed by atoms with E-state index < -0.39 is 0 Å². The molecule has 0 aliphatic carbocycles. The van der Waals surface area contributed by atoms with Gasteiger partial charge >= 0.3 is 0 Å². The number of carbonyl (C=O) groups is 1. The van der Waals surface area contributed by atoms with Gasteiger partial charge in [0.15, 0.2) is 0 Å². The molecule has 3 nitrogen and oxygen atoms in total. The highest BCUT2D eigenvalue weighted by atomic mass is 35.5. The topological polar surface area (TPSA) is 38.3 Å². The Morgan fingerprint density at radius 1 is 1.22 bits per heavy atom. The fourth-order valence-electron chi connectivity index (χ4n) is 3.67. The number of benzene rings is 2. The van der Waals surface area contributed by atoms with Gasteiger partial charge in [0.1, 0.15) is 5.82 Å². The molecule has 2 aromatic rings. The Bertz CT molecular complexity index is 772. The molecule has 0 spiro atoms. The molecule has 3 rings (SSSR count). The fraction of sp³-hybridized carbons (Fsp3) is 0.409. The maximum absolute atomic E-state index is 13.4. The van der Waals surface area contributed by atoms with Gasteiger partial charge in [-0.3, -0.25) is 4.79 Å². The first kappa shape index (κ1) is 19.8. The van der Waals surface area contributed by atoms with E-state index in [4.69, 9.17) is 16.3 Å². The summed E-state index contributed by atoms with van der Waals surface area (Å²) in [6.45, 7) is 3.79. The quantitative estimate of drug-likeness (QED) is 0.788. The van der Waals surface area contributed by atoms with E-state index in [0.717, 1.165) is 18.4 Å². The SMILES string of the molecule is CC(Cc1cccc(F)c1)C(=O)NCC1(c2ccc(Cl)cc2)CCOCC1. The van der Waals surface area contributed by atoms with Crippen LogP contribution in [0.1, 0.15) is 30.9 Å². The van der Waals surface area contributed by atoms with Crippen LogP contribution in [0.3, 0.4) is 0 Å². The van der Waals surface area contributed by atoms with Crippen LogP contribution in [0.5, 0.6) is 0 Å². The number of nitrogens with one attached hydrogen (secondary N) is 1. The van der Waals surface area contributed by atoms with Gasteiger partial charge in [-0.1, -0.05) is 42.8 Å². The molecule has 0 radical (unpaired) electrons. The van der Waals surface area contributed by atoms with Crippen molar-refractivity contribution in [3.63, 3.8) is 0 Å². The molecule has 1 unspecified atom stereocenters. The van der Waals surface area contributed by atoms with Gasteiger partial charge in [0.2, 0.25) is 5.91 Å². The number of rotatable bonds is 6. The number of carbonyl (C=O) groups excluding carboxylic acids is 1. The second-order valence-electron chi connectivity index (χ2n) is 7.35. The lowest BCUT2D eigenvalue weighted by molar-refractivity contribution is -0.125. The van der Waals surface area contributed by atoms with Crippen LogP contribution in [-0.4, -0.2) is 25.7 Å². The summed E-state index contributed by atoms with van der Waals surface area (Å²) in [4.78, 5) is 12.6. The Labute approximate surface area is 164 Å². The summed E-state index contributed by atoms with van der Waals surface area (Å²) >= 11 is 6.03. The van der Waals surface area contributed by atoms with Crippen molar-refractivity contribution in [2.24, 2.45) is 5.92 Å². The zero-order valence-electron chi connectivity index (χ0n) is 15.5. The standard InChI is InChI=1S/C22H25ClFNO2/c1-16(13-17-3-2-4-20(24)14-17)21(26)25-15-22(9-11-27-12-10-22)18-5-7-19(23)8-6-18/h2-8,14,16H,9-13,15H2,1H3,(H,25,26). The molecule has 5 heteroatoms. The van der Waals surface area contributed by atoms with Gasteiger partial charge in [-0.05, 0) is 54.7 Å². The lowest BCUT2D eigenvalue weighted by Gasteiger charge is -2.38. The summed E-state index contributed by atoms with van der Waals surface area (Å²) < 4.78 is 18.9. The van der Waals surface area contributed by atoms with E-state index in [1.54, 1.807) is 6.07 Å². The Hall–Kier alpha value is -1.91. The maximum atomic E-state index is 13.4. The van der Waals surface area contributed by atoms with Crippen LogP contribution < -0.4 is 5.32 Å². The number of hydrogen-bond donors (Lipinski definition) is 1. The van der Waals surface area contributed by atoms with Crippen LogP contribution in [0.4, 0.5) is 4.39 Å². The molecule has 1 amide bonds. The lowest BCUT2D eigenvalue weighted by Crippen LogP contribution is -2.46. The van der Waals surface area contributed by atoms with Crippen molar-refractivity contribution in [2.75, 3.05) is 19.8 Å². The predicted octanol–water partition coefficient (Wildman–Crippen LogP) is 4.52. The molecule has 0 bridgehead atoms. The van der Waals surface area contributed by atoms with Gasteiger partial charge in [-0.15, -0.1) is 0 Å². The Balaban J connectivity index is 1.66. The maximum Gasteiger partial charge on any atom is 0.223 e. The minimum Gasteiger partial charge on any atom is -0.381 e. The molecule has 2 aromatic carbocycles. The summed E-state index contributed by atoms with van der Waals surface area (Å²) in [5.41, 5.74) is 1.86. The normalized spacial score (nSPS) is 17.3. The van der Waals surface area contributed by atoms with Gasteiger partial charge in [0, 0.05) is 36.1 Å². The molecule has 27 heavy (non-hydrogen) atoms. The highest BCUT2D eigenvalue weighted by Gasteiger charge is 2.35. The first-order chi connectivity index (χ1) is 13.0. The van der Waals surface area contributed by atoms with Crippen molar-refractivity contribution in [1.29, 1.82) is 0 Å². The summed E-state index contributed by atoms with van der Waals surface area (Å²) in [5.74, 6) is -0.517. The third-order valence-corrected chi connectivity index (χ3v) is 5.64. The molecule has 0 aromatic heterocycles. The zero-order chi connectivity index (χ0) is 19.3. The molecule has 1 saturated heterocycles. The van der Waals surface area contributed by atoms with Gasteiger partial charge in [-0.25, -0.2) is 4.39 Å². The molecule has 1 N–H and O–H groups in total. The number of ether oxygens (including phenoxy) is 1. The number of halogens is 2. The first-order valence-corrected chi connectivity index (χ1v) is 9.72. The van der Waals surface area contributed by atoms with Gasteiger partial charge < -0.3 is 10.1 Å². The molecule has 0 saturated carbocycles. The van der Waals surface area contributed by atoms with E-state index >= 15 is 0 Å². The van der Waals surface area contributed by atoms with Crippen molar-refractivity contribution in [3.8, 4) is 0 Å². The van der Waals surface area contributed by atoms with Gasteiger partial charge in [0.25, 0.3) is 0 Å². The zero-order valence-corrected chi connectivity index (χ0v) is 16.3. The Morgan fingerprint density at radius 2 is 1.93 bits per heavy atom. The average molecular weight is 390 g/mol. The summed E-state index contributed by atoms with van der Waals surface area (Å²) in [6, 6.07) is 14.3. The minimum absolute atomic E-state index is 0.0147. The van der Waals surface area contributed by atoms with Crippen molar-refractivity contribution >= 4 is 17.5 Å². The molecular weight excluding hydrogens is 365 g/mol. The first-order valence-electron chi connectivity index (χ1n) is 9.34. The van der Waals surface area contributed by atoms with Crippen molar-refractivity contribution < 1.29 is 13.9 Å².